The van der Waals surface area contributed by atoms with Crippen LogP contribution in [-0.4, -0.2) is 32.4 Å². The molecular weight excluding hydrogens is 207 g/mol. The van der Waals surface area contributed by atoms with Crippen molar-refractivity contribution in [3.8, 4) is 5.75 Å². The average molecular weight is 224 g/mol. The van der Waals surface area contributed by atoms with Gasteiger partial charge in [0.1, 0.15) is 11.4 Å². The van der Waals surface area contributed by atoms with E-state index in [4.69, 9.17) is 4.74 Å². The summed E-state index contributed by atoms with van der Waals surface area (Å²) in [5.41, 5.74) is -0.190. The summed E-state index contributed by atoms with van der Waals surface area (Å²) in [6.07, 6.45) is 0.580. The topological polar surface area (TPSA) is 33.3 Å². The van der Waals surface area contributed by atoms with Gasteiger partial charge in [0, 0.05) is 12.2 Å². The van der Waals surface area contributed by atoms with Gasteiger partial charge in [-0.05, 0) is 37.2 Å². The number of nitrogens with one attached hydrogen (secondary N) is 2. The van der Waals surface area contributed by atoms with Crippen LogP contribution in [0.5, 0.6) is 5.75 Å². The number of rotatable bonds is 4. The third kappa shape index (κ3) is 2.64. The highest BCUT2D eigenvalue weighted by Gasteiger charge is 2.33. The predicted molar refractivity (Wildman–Crippen MR) is 62.8 cm³/mol. The maximum Gasteiger partial charge on any atom is 0.141 e. The summed E-state index contributed by atoms with van der Waals surface area (Å²) in [4.78, 5) is 0. The number of benzene rings is 1. The van der Waals surface area contributed by atoms with Gasteiger partial charge in [-0.1, -0.05) is 0 Å². The van der Waals surface area contributed by atoms with E-state index in [1.165, 1.54) is 0 Å². The van der Waals surface area contributed by atoms with Gasteiger partial charge in [0.25, 0.3) is 0 Å². The van der Waals surface area contributed by atoms with Gasteiger partial charge >= 0.3 is 0 Å². The normalized spacial score (nSPS) is 24.4. The molecule has 0 amide bonds. The second-order valence-electron chi connectivity index (χ2n) is 4.16. The fraction of sp³-hybridized carbons (Fsp3) is 0.500. The number of anilines is 1. The predicted octanol–water partition coefficient (Wildman–Crippen LogP) is 1.81. The van der Waals surface area contributed by atoms with Crippen molar-refractivity contribution in [3.63, 3.8) is 0 Å². The van der Waals surface area contributed by atoms with Crippen molar-refractivity contribution in [2.75, 3.05) is 32.1 Å². The Morgan fingerprint density at radius 1 is 1.44 bits per heavy atom. The van der Waals surface area contributed by atoms with Gasteiger partial charge in [-0.3, -0.25) is 0 Å². The monoisotopic (exact) mass is 224 g/mol. The molecule has 88 valence electrons. The van der Waals surface area contributed by atoms with E-state index >= 15 is 0 Å². The van der Waals surface area contributed by atoms with E-state index in [1.807, 2.05) is 24.3 Å². The van der Waals surface area contributed by atoms with Crippen molar-refractivity contribution in [3.05, 3.63) is 24.3 Å². The highest BCUT2D eigenvalue weighted by molar-refractivity contribution is 5.46. The molecule has 1 aliphatic rings. The third-order valence-electron chi connectivity index (χ3n) is 2.89. The molecule has 4 heteroatoms. The van der Waals surface area contributed by atoms with E-state index in [9.17, 15) is 4.39 Å². The molecule has 1 atom stereocenters. The van der Waals surface area contributed by atoms with E-state index in [0.29, 0.717) is 19.5 Å². The Labute approximate surface area is 95.0 Å². The van der Waals surface area contributed by atoms with E-state index in [0.717, 1.165) is 18.0 Å². The molecule has 2 rings (SSSR count). The summed E-state index contributed by atoms with van der Waals surface area (Å²) in [6, 6.07) is 7.51. The first-order chi connectivity index (χ1) is 7.72. The lowest BCUT2D eigenvalue weighted by atomic mass is 10.1. The van der Waals surface area contributed by atoms with Crippen LogP contribution in [0.1, 0.15) is 6.42 Å². The fourth-order valence-electron chi connectivity index (χ4n) is 1.83. The van der Waals surface area contributed by atoms with Crippen LogP contribution in [0.25, 0.3) is 0 Å². The molecule has 1 aromatic rings. The molecule has 1 heterocycles. The largest absolute Gasteiger partial charge is 0.497 e. The molecule has 3 nitrogen and oxygen atoms in total. The Morgan fingerprint density at radius 3 is 2.75 bits per heavy atom. The maximum atomic E-state index is 14.0. The minimum atomic E-state index is -1.11. The molecule has 1 saturated heterocycles. The Kier molecular flexibility index (Phi) is 3.29. The number of hydrogen-bond acceptors (Lipinski definition) is 3. The second-order valence-corrected chi connectivity index (χ2v) is 4.16. The number of methoxy groups -OCH3 is 1. The number of hydrogen-bond donors (Lipinski definition) is 2. The molecule has 16 heavy (non-hydrogen) atoms. The van der Waals surface area contributed by atoms with Crippen LogP contribution in [0.2, 0.25) is 0 Å². The van der Waals surface area contributed by atoms with E-state index in [1.54, 1.807) is 7.11 Å². The van der Waals surface area contributed by atoms with Gasteiger partial charge in [-0.2, -0.15) is 0 Å². The van der Waals surface area contributed by atoms with Crippen molar-refractivity contribution >= 4 is 5.69 Å². The summed E-state index contributed by atoms with van der Waals surface area (Å²) in [6.45, 7) is 1.56. The summed E-state index contributed by atoms with van der Waals surface area (Å²) in [5, 5.41) is 6.14. The molecule has 0 aliphatic carbocycles. The second kappa shape index (κ2) is 4.70. The first-order valence-corrected chi connectivity index (χ1v) is 5.49. The molecule has 0 radical (unpaired) electrons. The minimum absolute atomic E-state index is 0.354. The van der Waals surface area contributed by atoms with Crippen LogP contribution in [0.4, 0.5) is 10.1 Å². The molecule has 0 spiro atoms. The lowest BCUT2D eigenvalue weighted by molar-refractivity contribution is 0.208. The summed E-state index contributed by atoms with van der Waals surface area (Å²) < 4.78 is 19.0. The standard InChI is InChI=1S/C12H17FN2O/c1-16-11-4-2-10(3-5-11)15-9-12(13)6-7-14-8-12/h2-5,14-15H,6-9H2,1H3. The zero-order chi connectivity index (χ0) is 11.4. The quantitative estimate of drug-likeness (QED) is 0.818. The zero-order valence-corrected chi connectivity index (χ0v) is 9.42. The number of ether oxygens (including phenoxy) is 1. The van der Waals surface area contributed by atoms with Crippen LogP contribution >= 0.6 is 0 Å². The molecular formula is C12H17FN2O. The summed E-state index contributed by atoms with van der Waals surface area (Å²) in [7, 11) is 1.63. The lowest BCUT2D eigenvalue weighted by Crippen LogP contribution is -2.34. The summed E-state index contributed by atoms with van der Waals surface area (Å²) >= 11 is 0. The highest BCUT2D eigenvalue weighted by atomic mass is 19.1. The van der Waals surface area contributed by atoms with E-state index < -0.39 is 5.67 Å². The van der Waals surface area contributed by atoms with Gasteiger partial charge < -0.3 is 15.4 Å². The SMILES string of the molecule is COc1ccc(NCC2(F)CCNC2)cc1. The van der Waals surface area contributed by atoms with E-state index in [-0.39, 0.29) is 0 Å². The molecule has 1 aliphatic heterocycles. The smallest absolute Gasteiger partial charge is 0.141 e. The van der Waals surface area contributed by atoms with Gasteiger partial charge in [-0.15, -0.1) is 0 Å². The molecule has 1 aromatic carbocycles. The lowest BCUT2D eigenvalue weighted by Gasteiger charge is -2.19. The Morgan fingerprint density at radius 2 is 2.19 bits per heavy atom. The summed E-state index contributed by atoms with van der Waals surface area (Å²) in [5.74, 6) is 0.808. The van der Waals surface area contributed by atoms with E-state index in [2.05, 4.69) is 10.6 Å². The maximum absolute atomic E-state index is 14.0. The first-order valence-electron chi connectivity index (χ1n) is 5.49. The fourth-order valence-corrected chi connectivity index (χ4v) is 1.83. The van der Waals surface area contributed by atoms with Crippen LogP contribution in [0.15, 0.2) is 24.3 Å². The van der Waals surface area contributed by atoms with Crippen molar-refractivity contribution < 1.29 is 9.13 Å². The van der Waals surface area contributed by atoms with Crippen LogP contribution in [0.3, 0.4) is 0 Å². The molecule has 2 N–H and O–H groups in total. The number of alkyl halides is 1. The first kappa shape index (κ1) is 11.2. The molecule has 0 saturated carbocycles. The van der Waals surface area contributed by atoms with Crippen LogP contribution in [-0.2, 0) is 0 Å². The Bertz CT molecular complexity index is 333. The van der Waals surface area contributed by atoms with Crippen molar-refractivity contribution in [1.29, 1.82) is 0 Å². The van der Waals surface area contributed by atoms with Crippen molar-refractivity contribution in [1.82, 2.24) is 5.32 Å². The third-order valence-corrected chi connectivity index (χ3v) is 2.89. The van der Waals surface area contributed by atoms with Crippen LogP contribution < -0.4 is 15.4 Å². The average Bonchev–Trinajstić information content (AvgIpc) is 2.75. The van der Waals surface area contributed by atoms with Crippen molar-refractivity contribution in [2.24, 2.45) is 0 Å². The molecule has 1 fully saturated rings. The van der Waals surface area contributed by atoms with Gasteiger partial charge in [0.2, 0.25) is 0 Å². The Balaban J connectivity index is 1.89. The molecule has 0 bridgehead atoms. The molecule has 1 unspecified atom stereocenters. The van der Waals surface area contributed by atoms with Gasteiger partial charge in [-0.25, -0.2) is 4.39 Å². The zero-order valence-electron chi connectivity index (χ0n) is 9.42. The molecule has 0 aromatic heterocycles. The van der Waals surface area contributed by atoms with Gasteiger partial charge in [0.15, 0.2) is 0 Å². The van der Waals surface area contributed by atoms with Gasteiger partial charge in [0.05, 0.1) is 13.7 Å². The van der Waals surface area contributed by atoms with Crippen LogP contribution in [0, 0.1) is 0 Å². The Hall–Kier alpha value is -1.29. The number of halogens is 1. The van der Waals surface area contributed by atoms with Crippen molar-refractivity contribution in [2.45, 2.75) is 12.1 Å². The minimum Gasteiger partial charge on any atom is -0.497 e. The highest BCUT2D eigenvalue weighted by Crippen LogP contribution is 2.21.